The van der Waals surface area contributed by atoms with Crippen LogP contribution in [-0.2, 0) is 4.79 Å². The van der Waals surface area contributed by atoms with Gasteiger partial charge in [0.05, 0.1) is 26.0 Å². The average Bonchev–Trinajstić information content (AvgIpc) is 2.66. The van der Waals surface area contributed by atoms with Crippen molar-refractivity contribution in [2.45, 2.75) is 0 Å². The van der Waals surface area contributed by atoms with Gasteiger partial charge in [-0.15, -0.1) is 0 Å². The summed E-state index contributed by atoms with van der Waals surface area (Å²) in [6.07, 6.45) is 1.45. The zero-order chi connectivity index (χ0) is 19.8. The molecule has 0 unspecified atom stereocenters. The number of nitrogens with zero attached hydrogens (tertiary/aromatic N) is 1. The molecule has 0 saturated heterocycles. The zero-order valence-electron chi connectivity index (χ0n) is 14.7. The van der Waals surface area contributed by atoms with E-state index in [0.29, 0.717) is 28.4 Å². The lowest BCUT2D eigenvalue weighted by atomic mass is 10.2. The maximum Gasteiger partial charge on any atom is 0.275 e. The van der Waals surface area contributed by atoms with E-state index in [2.05, 4.69) is 26.5 Å². The third kappa shape index (κ3) is 5.71. The van der Waals surface area contributed by atoms with E-state index in [1.165, 1.54) is 20.4 Å². The Kier molecular flexibility index (Phi) is 7.18. The fraction of sp³-hybridized carbons (Fsp3) is 0.167. The zero-order valence-corrected chi connectivity index (χ0v) is 16.3. The molecule has 0 heterocycles. The van der Waals surface area contributed by atoms with Gasteiger partial charge in [0.25, 0.3) is 11.8 Å². The van der Waals surface area contributed by atoms with Crippen molar-refractivity contribution >= 4 is 34.0 Å². The molecule has 0 aliphatic rings. The number of methoxy groups -OCH3 is 2. The molecular weight excluding hydrogens is 418 g/mol. The third-order valence-corrected chi connectivity index (χ3v) is 3.84. The lowest BCUT2D eigenvalue weighted by Crippen LogP contribution is -2.20. The van der Waals surface area contributed by atoms with Crippen molar-refractivity contribution in [1.29, 1.82) is 0 Å². The summed E-state index contributed by atoms with van der Waals surface area (Å²) in [5.74, 6) is 0.200. The van der Waals surface area contributed by atoms with Crippen molar-refractivity contribution in [2.75, 3.05) is 20.8 Å². The molecule has 2 aromatic rings. The number of carbonyl (C=O) groups is 2. The molecule has 142 valence electrons. The van der Waals surface area contributed by atoms with Gasteiger partial charge in [0, 0.05) is 4.47 Å². The van der Waals surface area contributed by atoms with Gasteiger partial charge in [-0.3, -0.25) is 9.59 Å². The quantitative estimate of drug-likeness (QED) is 0.486. The predicted octanol–water partition coefficient (Wildman–Crippen LogP) is 2.09. The molecule has 2 amide bonds. The summed E-state index contributed by atoms with van der Waals surface area (Å²) in [7, 11) is 2.95. The van der Waals surface area contributed by atoms with Gasteiger partial charge in [0.1, 0.15) is 5.75 Å². The van der Waals surface area contributed by atoms with Crippen LogP contribution >= 0.6 is 15.9 Å². The standard InChI is InChI=1S/C18H18BrN3O5/c1-25-14-6-4-12(19)8-13(14)18(24)22-21-9-11-3-5-15(16(7-11)26-2)27-10-17(20)23/h3-9H,10H2,1-2H3,(H2,20,23)(H,22,24)/b21-9+. The number of nitrogens with one attached hydrogen (secondary N) is 1. The molecule has 2 aromatic carbocycles. The second-order valence-corrected chi connectivity index (χ2v) is 6.12. The normalized spacial score (nSPS) is 10.5. The minimum absolute atomic E-state index is 0.256. The molecule has 9 heteroatoms. The third-order valence-electron chi connectivity index (χ3n) is 3.34. The Balaban J connectivity index is 2.08. The van der Waals surface area contributed by atoms with E-state index in [4.69, 9.17) is 19.9 Å². The molecule has 0 bridgehead atoms. The number of hydrogen-bond donors (Lipinski definition) is 2. The van der Waals surface area contributed by atoms with Gasteiger partial charge in [-0.2, -0.15) is 5.10 Å². The van der Waals surface area contributed by atoms with Gasteiger partial charge >= 0.3 is 0 Å². The maximum atomic E-state index is 12.3. The van der Waals surface area contributed by atoms with E-state index in [1.807, 2.05) is 0 Å². The number of nitrogens with two attached hydrogens (primary N) is 1. The molecular formula is C18H18BrN3O5. The number of carbonyl (C=O) groups excluding carboxylic acids is 2. The predicted molar refractivity (Wildman–Crippen MR) is 103 cm³/mol. The van der Waals surface area contributed by atoms with Crippen LogP contribution in [0.1, 0.15) is 15.9 Å². The van der Waals surface area contributed by atoms with E-state index in [0.717, 1.165) is 4.47 Å². The smallest absolute Gasteiger partial charge is 0.275 e. The maximum absolute atomic E-state index is 12.3. The van der Waals surface area contributed by atoms with Crippen molar-refractivity contribution in [3.05, 3.63) is 52.0 Å². The van der Waals surface area contributed by atoms with Crippen molar-refractivity contribution in [3.63, 3.8) is 0 Å². The van der Waals surface area contributed by atoms with Gasteiger partial charge in [0.2, 0.25) is 0 Å². The molecule has 0 aliphatic carbocycles. The average molecular weight is 436 g/mol. The van der Waals surface area contributed by atoms with Gasteiger partial charge in [-0.1, -0.05) is 15.9 Å². The van der Waals surface area contributed by atoms with Crippen LogP contribution in [0.4, 0.5) is 0 Å². The highest BCUT2D eigenvalue weighted by atomic mass is 79.9. The van der Waals surface area contributed by atoms with Crippen LogP contribution in [0.3, 0.4) is 0 Å². The molecule has 0 radical (unpaired) electrons. The minimum Gasteiger partial charge on any atom is -0.496 e. The molecule has 0 fully saturated rings. The number of rotatable bonds is 8. The first-order valence-electron chi connectivity index (χ1n) is 7.70. The number of ether oxygens (including phenoxy) is 3. The molecule has 0 aliphatic heterocycles. The van der Waals surface area contributed by atoms with E-state index in [-0.39, 0.29) is 6.61 Å². The summed E-state index contributed by atoms with van der Waals surface area (Å²) in [5, 5.41) is 3.94. The number of hydrazone groups is 1. The molecule has 27 heavy (non-hydrogen) atoms. The number of amides is 2. The first-order valence-corrected chi connectivity index (χ1v) is 8.50. The highest BCUT2D eigenvalue weighted by Gasteiger charge is 2.12. The summed E-state index contributed by atoms with van der Waals surface area (Å²) in [4.78, 5) is 23.1. The lowest BCUT2D eigenvalue weighted by molar-refractivity contribution is -0.119. The van der Waals surface area contributed by atoms with Crippen molar-refractivity contribution in [3.8, 4) is 17.2 Å². The fourth-order valence-electron chi connectivity index (χ4n) is 2.12. The number of primary amides is 1. The van der Waals surface area contributed by atoms with Gasteiger partial charge in [0.15, 0.2) is 18.1 Å². The van der Waals surface area contributed by atoms with Crippen LogP contribution in [-0.4, -0.2) is 38.9 Å². The summed E-state index contributed by atoms with van der Waals surface area (Å²) in [5.41, 5.74) is 8.49. The van der Waals surface area contributed by atoms with Crippen molar-refractivity contribution in [2.24, 2.45) is 10.8 Å². The molecule has 0 spiro atoms. The topological polar surface area (TPSA) is 112 Å². The second-order valence-electron chi connectivity index (χ2n) is 5.21. The molecule has 2 rings (SSSR count). The first-order chi connectivity index (χ1) is 12.9. The molecule has 8 nitrogen and oxygen atoms in total. The minimum atomic E-state index is -0.589. The number of halogens is 1. The van der Waals surface area contributed by atoms with E-state index < -0.39 is 11.8 Å². The Bertz CT molecular complexity index is 870. The Morgan fingerprint density at radius 1 is 1.11 bits per heavy atom. The SMILES string of the molecule is COc1cc(/C=N/NC(=O)c2cc(Br)ccc2OC)ccc1OCC(N)=O. The van der Waals surface area contributed by atoms with E-state index in [9.17, 15) is 9.59 Å². The van der Waals surface area contributed by atoms with Crippen LogP contribution in [0.25, 0.3) is 0 Å². The van der Waals surface area contributed by atoms with E-state index >= 15 is 0 Å². The Hall–Kier alpha value is -3.07. The van der Waals surface area contributed by atoms with Crippen molar-refractivity contribution in [1.82, 2.24) is 5.43 Å². The first kappa shape index (κ1) is 20.2. The van der Waals surface area contributed by atoms with Crippen LogP contribution in [0.5, 0.6) is 17.2 Å². The molecule has 0 aromatic heterocycles. The van der Waals surface area contributed by atoms with Gasteiger partial charge < -0.3 is 19.9 Å². The molecule has 3 N–H and O–H groups in total. The van der Waals surface area contributed by atoms with Gasteiger partial charge in [-0.05, 0) is 42.0 Å². The summed E-state index contributed by atoms with van der Waals surface area (Å²) in [6, 6.07) is 10.0. The highest BCUT2D eigenvalue weighted by Crippen LogP contribution is 2.27. The Morgan fingerprint density at radius 3 is 2.48 bits per heavy atom. The fourth-order valence-corrected chi connectivity index (χ4v) is 2.48. The Morgan fingerprint density at radius 2 is 1.81 bits per heavy atom. The van der Waals surface area contributed by atoms with Crippen molar-refractivity contribution < 1.29 is 23.8 Å². The largest absolute Gasteiger partial charge is 0.496 e. The lowest BCUT2D eigenvalue weighted by Gasteiger charge is -2.10. The van der Waals surface area contributed by atoms with Crippen LogP contribution in [0, 0.1) is 0 Å². The summed E-state index contributed by atoms with van der Waals surface area (Å²) < 4.78 is 16.4. The molecule has 0 atom stereocenters. The van der Waals surface area contributed by atoms with Crippen LogP contribution < -0.4 is 25.4 Å². The molecule has 0 saturated carbocycles. The highest BCUT2D eigenvalue weighted by molar-refractivity contribution is 9.10. The van der Waals surface area contributed by atoms with Gasteiger partial charge in [-0.25, -0.2) is 5.43 Å². The number of benzene rings is 2. The summed E-state index contributed by atoms with van der Waals surface area (Å²) >= 11 is 3.31. The second kappa shape index (κ2) is 9.58. The van der Waals surface area contributed by atoms with Crippen LogP contribution in [0.15, 0.2) is 46.0 Å². The van der Waals surface area contributed by atoms with Crippen LogP contribution in [0.2, 0.25) is 0 Å². The van der Waals surface area contributed by atoms with E-state index in [1.54, 1.807) is 36.4 Å². The Labute approximate surface area is 164 Å². The number of hydrogen-bond acceptors (Lipinski definition) is 6. The summed E-state index contributed by atoms with van der Waals surface area (Å²) in [6.45, 7) is -0.256. The monoisotopic (exact) mass is 435 g/mol.